The number of nitro benzene ring substituents is 2. The number of hydrogen-bond acceptors (Lipinski definition) is 9. The number of non-ortho nitro benzene ring substituents is 1. The highest BCUT2D eigenvalue weighted by molar-refractivity contribution is 6.36. The lowest BCUT2D eigenvalue weighted by Crippen LogP contribution is -2.31. The molecule has 0 spiro atoms. The topological polar surface area (TPSA) is 159 Å². The minimum atomic E-state index is -0.906. The van der Waals surface area contributed by atoms with Crippen molar-refractivity contribution in [3.05, 3.63) is 133 Å². The molecule has 0 radical (unpaired) electrons. The van der Waals surface area contributed by atoms with Crippen molar-refractivity contribution in [2.75, 3.05) is 4.90 Å². The lowest BCUT2D eigenvalue weighted by Gasteiger charge is -2.17. The molecule has 0 aromatic heterocycles. The fraction of sp³-hybridized carbons (Fsp3) is 0.0357. The number of carbonyl (C=O) groups excluding carboxylic acids is 3. The van der Waals surface area contributed by atoms with Crippen LogP contribution >= 0.6 is 0 Å². The number of hydrogen-bond donors (Lipinski definition) is 0. The van der Waals surface area contributed by atoms with Gasteiger partial charge >= 0.3 is 5.97 Å². The molecule has 1 aliphatic heterocycles. The van der Waals surface area contributed by atoms with Crippen LogP contribution in [0, 0.1) is 20.2 Å². The van der Waals surface area contributed by atoms with Crippen molar-refractivity contribution in [3.8, 4) is 11.5 Å². The second-order valence-corrected chi connectivity index (χ2v) is 8.49. The Bertz CT molecular complexity index is 1680. The summed E-state index contributed by atoms with van der Waals surface area (Å²) in [5, 5.41) is 22.2. The number of amides is 2. The molecule has 5 rings (SSSR count). The van der Waals surface area contributed by atoms with Crippen LogP contribution in [-0.2, 0) is 11.3 Å². The number of benzene rings is 4. The Balaban J connectivity index is 1.29. The summed E-state index contributed by atoms with van der Waals surface area (Å²) in [5.74, 6) is -1.65. The van der Waals surface area contributed by atoms with Crippen molar-refractivity contribution in [2.24, 2.45) is 0 Å². The Morgan fingerprint density at radius 1 is 0.750 bits per heavy atom. The van der Waals surface area contributed by atoms with E-state index in [1.807, 2.05) is 0 Å². The molecule has 0 aliphatic carbocycles. The van der Waals surface area contributed by atoms with Crippen LogP contribution in [0.25, 0.3) is 0 Å². The average Bonchev–Trinajstić information content (AvgIpc) is 3.22. The zero-order valence-electron chi connectivity index (χ0n) is 20.4. The van der Waals surface area contributed by atoms with Crippen molar-refractivity contribution < 1.29 is 33.7 Å². The van der Waals surface area contributed by atoms with Crippen LogP contribution in [0.4, 0.5) is 17.1 Å². The van der Waals surface area contributed by atoms with Gasteiger partial charge in [0.25, 0.3) is 23.2 Å². The van der Waals surface area contributed by atoms with Crippen molar-refractivity contribution in [2.45, 2.75) is 6.61 Å². The molecule has 0 atom stereocenters. The number of ether oxygens (including phenoxy) is 2. The molecule has 2 amide bonds. The molecule has 12 heteroatoms. The third-order valence-corrected chi connectivity index (χ3v) is 6.03. The predicted molar refractivity (Wildman–Crippen MR) is 139 cm³/mol. The minimum Gasteiger partial charge on any atom is -0.457 e. The number of esters is 1. The normalized spacial score (nSPS) is 12.2. The summed E-state index contributed by atoms with van der Waals surface area (Å²) >= 11 is 0. The number of nitrogens with zero attached hydrogens (tertiary/aromatic N) is 3. The molecule has 1 aliphatic rings. The number of rotatable bonds is 8. The van der Waals surface area contributed by atoms with Crippen LogP contribution in [0.2, 0.25) is 0 Å². The third kappa shape index (κ3) is 4.84. The number of para-hydroxylation sites is 1. The number of anilines is 1. The van der Waals surface area contributed by atoms with Crippen molar-refractivity contribution in [1.82, 2.24) is 0 Å². The molecular formula is C28H17N3O9. The van der Waals surface area contributed by atoms with Gasteiger partial charge in [0.05, 0.1) is 26.7 Å². The van der Waals surface area contributed by atoms with Gasteiger partial charge in [0.15, 0.2) is 0 Å². The molecule has 0 fully saturated rings. The van der Waals surface area contributed by atoms with Crippen LogP contribution in [0.5, 0.6) is 11.5 Å². The molecule has 0 saturated carbocycles. The number of fused-ring (bicyclic) bond motifs is 1. The zero-order chi connectivity index (χ0) is 28.4. The Hall–Kier alpha value is -5.91. The van der Waals surface area contributed by atoms with E-state index in [1.165, 1.54) is 60.7 Å². The highest BCUT2D eigenvalue weighted by Crippen LogP contribution is 2.35. The first-order valence-corrected chi connectivity index (χ1v) is 11.7. The molecule has 4 aromatic carbocycles. The summed E-state index contributed by atoms with van der Waals surface area (Å²) in [4.78, 5) is 60.8. The smallest absolute Gasteiger partial charge is 0.340 e. The van der Waals surface area contributed by atoms with Crippen LogP contribution < -0.4 is 9.64 Å². The van der Waals surface area contributed by atoms with Gasteiger partial charge in [0, 0.05) is 18.2 Å². The highest BCUT2D eigenvalue weighted by Gasteiger charge is 2.43. The molecule has 12 nitrogen and oxygen atoms in total. The van der Waals surface area contributed by atoms with E-state index in [1.54, 1.807) is 24.3 Å². The first-order chi connectivity index (χ1) is 19.2. The van der Waals surface area contributed by atoms with Gasteiger partial charge in [-0.25, -0.2) is 9.69 Å². The van der Waals surface area contributed by atoms with Crippen LogP contribution in [0.3, 0.4) is 0 Å². The van der Waals surface area contributed by atoms with E-state index >= 15 is 0 Å². The summed E-state index contributed by atoms with van der Waals surface area (Å²) in [7, 11) is 0. The van der Waals surface area contributed by atoms with Gasteiger partial charge < -0.3 is 9.47 Å². The Labute approximate surface area is 225 Å². The average molecular weight is 539 g/mol. The second kappa shape index (κ2) is 10.5. The molecule has 0 unspecified atom stereocenters. The van der Waals surface area contributed by atoms with Crippen LogP contribution in [0.1, 0.15) is 36.6 Å². The standard InChI is InChI=1S/C28H17N3O9/c32-26-22-5-3-7-24(31(37)38)25(22)27(33)29(26)23-6-2-1-4-21(23)28(34)39-16-17-8-12-19(13-9-17)40-20-14-10-18(11-15-20)30(35)36/h1-15H,16H2. The van der Waals surface area contributed by atoms with Crippen molar-refractivity contribution in [3.63, 3.8) is 0 Å². The fourth-order valence-electron chi connectivity index (χ4n) is 4.13. The SMILES string of the molecule is O=C(OCc1ccc(Oc2ccc([N+](=O)[O-])cc2)cc1)c1ccccc1N1C(=O)c2cccc([N+](=O)[O-])c2C1=O. The molecule has 1 heterocycles. The quantitative estimate of drug-likeness (QED) is 0.123. The Morgan fingerprint density at radius 3 is 2.05 bits per heavy atom. The molecule has 198 valence electrons. The summed E-state index contributed by atoms with van der Waals surface area (Å²) in [5.41, 5.74) is -0.541. The van der Waals surface area contributed by atoms with E-state index in [-0.39, 0.29) is 34.7 Å². The van der Waals surface area contributed by atoms with E-state index < -0.39 is 33.3 Å². The first kappa shape index (κ1) is 25.7. The van der Waals surface area contributed by atoms with Gasteiger partial charge in [-0.1, -0.05) is 30.3 Å². The highest BCUT2D eigenvalue weighted by atomic mass is 16.6. The number of carbonyl (C=O) groups is 3. The Morgan fingerprint density at radius 2 is 1.40 bits per heavy atom. The largest absolute Gasteiger partial charge is 0.457 e. The lowest BCUT2D eigenvalue weighted by atomic mass is 10.1. The summed E-state index contributed by atoms with van der Waals surface area (Å²) < 4.78 is 11.1. The first-order valence-electron chi connectivity index (χ1n) is 11.7. The maximum absolute atomic E-state index is 13.1. The number of imide groups is 1. The number of nitro groups is 2. The van der Waals surface area contributed by atoms with Crippen molar-refractivity contribution in [1.29, 1.82) is 0 Å². The van der Waals surface area contributed by atoms with Crippen molar-refractivity contribution >= 4 is 34.8 Å². The summed E-state index contributed by atoms with van der Waals surface area (Å²) in [6.07, 6.45) is 0. The molecule has 40 heavy (non-hydrogen) atoms. The summed E-state index contributed by atoms with van der Waals surface area (Å²) in [6, 6.07) is 21.7. The maximum atomic E-state index is 13.1. The van der Waals surface area contributed by atoms with Gasteiger partial charge in [-0.2, -0.15) is 0 Å². The van der Waals surface area contributed by atoms with Crippen LogP contribution in [0.15, 0.2) is 91.0 Å². The van der Waals surface area contributed by atoms with E-state index in [9.17, 15) is 34.6 Å². The molecule has 0 bridgehead atoms. The predicted octanol–water partition coefficient (Wildman–Crippen LogP) is 5.45. The van der Waals surface area contributed by atoms with Gasteiger partial charge in [0.2, 0.25) is 0 Å². The van der Waals surface area contributed by atoms with Gasteiger partial charge in [-0.05, 0) is 48.0 Å². The lowest BCUT2D eigenvalue weighted by molar-refractivity contribution is -0.385. The molecule has 4 aromatic rings. The maximum Gasteiger partial charge on any atom is 0.340 e. The fourth-order valence-corrected chi connectivity index (χ4v) is 4.13. The summed E-state index contributed by atoms with van der Waals surface area (Å²) in [6.45, 7) is -0.140. The molecule has 0 saturated heterocycles. The van der Waals surface area contributed by atoms with Gasteiger partial charge in [-0.3, -0.25) is 29.8 Å². The third-order valence-electron chi connectivity index (χ3n) is 6.03. The second-order valence-electron chi connectivity index (χ2n) is 8.49. The van der Waals surface area contributed by atoms with Crippen LogP contribution in [-0.4, -0.2) is 27.6 Å². The van der Waals surface area contributed by atoms with Gasteiger partial charge in [-0.15, -0.1) is 0 Å². The monoisotopic (exact) mass is 539 g/mol. The molecule has 0 N–H and O–H groups in total. The van der Waals surface area contributed by atoms with E-state index in [2.05, 4.69) is 0 Å². The van der Waals surface area contributed by atoms with Gasteiger partial charge in [0.1, 0.15) is 23.7 Å². The zero-order valence-corrected chi connectivity index (χ0v) is 20.4. The van der Waals surface area contributed by atoms with E-state index in [4.69, 9.17) is 9.47 Å². The minimum absolute atomic E-state index is 0.0557. The van der Waals surface area contributed by atoms with E-state index in [0.29, 0.717) is 17.1 Å². The Kier molecular flexibility index (Phi) is 6.72. The van der Waals surface area contributed by atoms with E-state index in [0.717, 1.165) is 11.0 Å². The molecular weight excluding hydrogens is 522 g/mol.